The molecule has 0 aliphatic carbocycles. The smallest absolute Gasteiger partial charge is 0.234 e. The third-order valence-electron chi connectivity index (χ3n) is 3.39. The van der Waals surface area contributed by atoms with Crippen LogP contribution < -0.4 is 4.74 Å². The molecule has 0 spiro atoms. The molecule has 0 amide bonds. The van der Waals surface area contributed by atoms with Crippen LogP contribution in [0.5, 0.6) is 5.75 Å². The van der Waals surface area contributed by atoms with E-state index in [0.29, 0.717) is 16.7 Å². The topological polar surface area (TPSA) is 39.4 Å². The van der Waals surface area contributed by atoms with E-state index in [2.05, 4.69) is 15.9 Å². The van der Waals surface area contributed by atoms with Gasteiger partial charge >= 0.3 is 0 Å². The minimum atomic E-state index is -0.634. The SMILES string of the molecule is CCCOc1c(Br)ccc(F)c1C(=O)c1cc2ccccc2o1. The number of benzene rings is 2. The summed E-state index contributed by atoms with van der Waals surface area (Å²) in [6.07, 6.45) is 0.751. The molecule has 0 saturated heterocycles. The average molecular weight is 377 g/mol. The Morgan fingerprint density at radius 1 is 1.26 bits per heavy atom. The second-order valence-corrected chi connectivity index (χ2v) is 5.91. The number of fused-ring (bicyclic) bond motifs is 1. The summed E-state index contributed by atoms with van der Waals surface area (Å²) in [5, 5.41) is 0.794. The Morgan fingerprint density at radius 2 is 2.04 bits per heavy atom. The van der Waals surface area contributed by atoms with Crippen molar-refractivity contribution in [2.24, 2.45) is 0 Å². The highest BCUT2D eigenvalue weighted by Gasteiger charge is 2.24. The molecule has 1 aromatic heterocycles. The van der Waals surface area contributed by atoms with Crippen LogP contribution in [0.4, 0.5) is 4.39 Å². The van der Waals surface area contributed by atoms with Crippen molar-refractivity contribution in [3.05, 3.63) is 64.1 Å². The second-order valence-electron chi connectivity index (χ2n) is 5.06. The molecule has 23 heavy (non-hydrogen) atoms. The highest BCUT2D eigenvalue weighted by atomic mass is 79.9. The van der Waals surface area contributed by atoms with Gasteiger partial charge in [-0.05, 0) is 46.6 Å². The molecule has 0 atom stereocenters. The summed E-state index contributed by atoms with van der Waals surface area (Å²) in [6, 6.07) is 11.6. The normalized spacial score (nSPS) is 10.9. The highest BCUT2D eigenvalue weighted by Crippen LogP contribution is 2.34. The van der Waals surface area contributed by atoms with Crippen molar-refractivity contribution < 1.29 is 18.3 Å². The largest absolute Gasteiger partial charge is 0.492 e. The summed E-state index contributed by atoms with van der Waals surface area (Å²) in [6.45, 7) is 2.33. The van der Waals surface area contributed by atoms with E-state index in [-0.39, 0.29) is 17.1 Å². The van der Waals surface area contributed by atoms with E-state index in [4.69, 9.17) is 9.15 Å². The average Bonchev–Trinajstić information content (AvgIpc) is 2.99. The molecular formula is C18H14BrFO3. The van der Waals surface area contributed by atoms with Crippen molar-refractivity contribution in [3.63, 3.8) is 0 Å². The molecule has 0 bridgehead atoms. The molecule has 0 unspecified atom stereocenters. The van der Waals surface area contributed by atoms with Crippen molar-refractivity contribution in [2.75, 3.05) is 6.61 Å². The molecular weight excluding hydrogens is 363 g/mol. The molecule has 3 aromatic rings. The third kappa shape index (κ3) is 3.01. The van der Waals surface area contributed by atoms with Gasteiger partial charge in [-0.25, -0.2) is 4.39 Å². The number of rotatable bonds is 5. The van der Waals surface area contributed by atoms with Gasteiger partial charge in [0.2, 0.25) is 5.78 Å². The fourth-order valence-corrected chi connectivity index (χ4v) is 2.75. The van der Waals surface area contributed by atoms with Crippen molar-refractivity contribution in [1.29, 1.82) is 0 Å². The zero-order valence-electron chi connectivity index (χ0n) is 12.4. The molecule has 5 heteroatoms. The van der Waals surface area contributed by atoms with E-state index >= 15 is 0 Å². The first kappa shape index (κ1) is 15.7. The molecule has 3 rings (SSSR count). The Bertz CT molecular complexity index is 837. The van der Waals surface area contributed by atoms with E-state index in [9.17, 15) is 9.18 Å². The lowest BCUT2D eigenvalue weighted by Gasteiger charge is -2.12. The fourth-order valence-electron chi connectivity index (χ4n) is 2.31. The number of halogens is 2. The van der Waals surface area contributed by atoms with E-state index in [1.165, 1.54) is 12.1 Å². The van der Waals surface area contributed by atoms with Gasteiger partial charge in [-0.2, -0.15) is 0 Å². The number of furan rings is 1. The Kier molecular flexibility index (Phi) is 4.48. The van der Waals surface area contributed by atoms with Crippen LogP contribution in [-0.4, -0.2) is 12.4 Å². The molecule has 118 valence electrons. The van der Waals surface area contributed by atoms with Crippen LogP contribution in [0.25, 0.3) is 11.0 Å². The summed E-state index contributed by atoms with van der Waals surface area (Å²) in [4.78, 5) is 12.7. The lowest BCUT2D eigenvalue weighted by atomic mass is 10.1. The Balaban J connectivity index is 2.09. The molecule has 0 radical (unpaired) electrons. The predicted molar refractivity (Wildman–Crippen MR) is 89.5 cm³/mol. The maximum atomic E-state index is 14.3. The van der Waals surface area contributed by atoms with Gasteiger partial charge in [0.1, 0.15) is 22.7 Å². The van der Waals surface area contributed by atoms with E-state index in [0.717, 1.165) is 11.8 Å². The second kappa shape index (κ2) is 6.54. The van der Waals surface area contributed by atoms with Gasteiger partial charge < -0.3 is 9.15 Å². The molecule has 1 heterocycles. The Hall–Kier alpha value is -2.14. The van der Waals surface area contributed by atoms with Crippen LogP contribution in [0.15, 0.2) is 51.4 Å². The van der Waals surface area contributed by atoms with Crippen molar-refractivity contribution >= 4 is 32.7 Å². The number of carbonyl (C=O) groups excluding carboxylic acids is 1. The zero-order valence-corrected chi connectivity index (χ0v) is 14.0. The maximum Gasteiger partial charge on any atom is 0.234 e. The van der Waals surface area contributed by atoms with Crippen LogP contribution in [0.3, 0.4) is 0 Å². The number of hydrogen-bond acceptors (Lipinski definition) is 3. The summed E-state index contributed by atoms with van der Waals surface area (Å²) < 4.78 is 25.9. The highest BCUT2D eigenvalue weighted by molar-refractivity contribution is 9.10. The van der Waals surface area contributed by atoms with Gasteiger partial charge in [0.25, 0.3) is 0 Å². The molecule has 0 aliphatic rings. The van der Waals surface area contributed by atoms with Gasteiger partial charge in [0, 0.05) is 5.39 Å². The number of ketones is 1. The molecule has 0 saturated carbocycles. The third-order valence-corrected chi connectivity index (χ3v) is 4.01. The van der Waals surface area contributed by atoms with Gasteiger partial charge in [-0.1, -0.05) is 25.1 Å². The molecule has 0 aliphatic heterocycles. The monoisotopic (exact) mass is 376 g/mol. The van der Waals surface area contributed by atoms with E-state index in [1.807, 2.05) is 25.1 Å². The minimum Gasteiger partial charge on any atom is -0.492 e. The number of para-hydroxylation sites is 1. The fraction of sp³-hybridized carbons (Fsp3) is 0.167. The summed E-state index contributed by atoms with van der Waals surface area (Å²) >= 11 is 3.31. The first-order valence-electron chi connectivity index (χ1n) is 7.26. The summed E-state index contributed by atoms with van der Waals surface area (Å²) in [5.41, 5.74) is 0.467. The molecule has 2 aromatic carbocycles. The number of hydrogen-bond donors (Lipinski definition) is 0. The van der Waals surface area contributed by atoms with Crippen molar-refractivity contribution in [1.82, 2.24) is 0 Å². The first-order valence-corrected chi connectivity index (χ1v) is 8.05. The Labute approximate surface area is 141 Å². The minimum absolute atomic E-state index is 0.0875. The number of carbonyl (C=O) groups is 1. The van der Waals surface area contributed by atoms with Crippen LogP contribution in [0.1, 0.15) is 29.5 Å². The first-order chi connectivity index (χ1) is 11.1. The van der Waals surface area contributed by atoms with Gasteiger partial charge in [-0.3, -0.25) is 4.79 Å². The maximum absolute atomic E-state index is 14.3. The van der Waals surface area contributed by atoms with E-state index < -0.39 is 11.6 Å². The lowest BCUT2D eigenvalue weighted by molar-refractivity contribution is 0.100. The van der Waals surface area contributed by atoms with Crippen LogP contribution in [0, 0.1) is 5.82 Å². The van der Waals surface area contributed by atoms with E-state index in [1.54, 1.807) is 12.1 Å². The Morgan fingerprint density at radius 3 is 2.78 bits per heavy atom. The van der Waals surface area contributed by atoms with Crippen molar-refractivity contribution in [3.8, 4) is 5.75 Å². The van der Waals surface area contributed by atoms with Crippen LogP contribution in [0.2, 0.25) is 0 Å². The summed E-state index contributed by atoms with van der Waals surface area (Å²) in [7, 11) is 0. The standard InChI is InChI=1S/C18H14BrFO3/c1-2-9-22-18-12(19)7-8-13(20)16(18)17(21)15-10-11-5-3-4-6-14(11)23-15/h3-8,10H,2,9H2,1H3. The molecule has 3 nitrogen and oxygen atoms in total. The van der Waals surface area contributed by atoms with Gasteiger partial charge in [0.15, 0.2) is 5.76 Å². The lowest BCUT2D eigenvalue weighted by Crippen LogP contribution is -2.08. The number of ether oxygens (including phenoxy) is 1. The molecule has 0 fully saturated rings. The molecule has 0 N–H and O–H groups in total. The van der Waals surface area contributed by atoms with Crippen LogP contribution in [-0.2, 0) is 0 Å². The van der Waals surface area contributed by atoms with Crippen LogP contribution >= 0.6 is 15.9 Å². The van der Waals surface area contributed by atoms with Gasteiger partial charge in [0.05, 0.1) is 11.1 Å². The predicted octanol–water partition coefficient (Wildman–Crippen LogP) is 5.35. The zero-order chi connectivity index (χ0) is 16.4. The summed E-state index contributed by atoms with van der Waals surface area (Å²) in [5.74, 6) is -0.877. The van der Waals surface area contributed by atoms with Gasteiger partial charge in [-0.15, -0.1) is 0 Å². The van der Waals surface area contributed by atoms with Crippen molar-refractivity contribution in [2.45, 2.75) is 13.3 Å². The quantitative estimate of drug-likeness (QED) is 0.563.